The number of ether oxygens (including phenoxy) is 1. The predicted molar refractivity (Wildman–Crippen MR) is 72.6 cm³/mol. The molecule has 90 valence electrons. The van der Waals surface area contributed by atoms with E-state index >= 15 is 0 Å². The Morgan fingerprint density at radius 1 is 1.25 bits per heavy atom. The van der Waals surface area contributed by atoms with E-state index in [-0.39, 0.29) is 5.37 Å². The quantitative estimate of drug-likeness (QED) is 0.621. The van der Waals surface area contributed by atoms with Gasteiger partial charge in [-0.15, -0.1) is 0 Å². The molecular formula is C13H21NOS. The van der Waals surface area contributed by atoms with Crippen molar-refractivity contribution in [2.75, 3.05) is 14.2 Å². The lowest BCUT2D eigenvalue weighted by molar-refractivity contribution is 0.407. The molecule has 0 aromatic heterocycles. The minimum atomic E-state index is 0.0726. The molecule has 3 heteroatoms. The molecule has 1 N–H and O–H groups in total. The summed E-state index contributed by atoms with van der Waals surface area (Å²) < 4.78 is 5.41. The Kier molecular flexibility index (Phi) is 4.69. The Morgan fingerprint density at radius 2 is 1.88 bits per heavy atom. The highest BCUT2D eigenvalue weighted by molar-refractivity contribution is 7.80. The molecule has 0 amide bonds. The number of methoxy groups -OCH3 is 1. The molecule has 0 heterocycles. The first-order chi connectivity index (χ1) is 7.51. The van der Waals surface area contributed by atoms with Gasteiger partial charge < -0.3 is 10.1 Å². The van der Waals surface area contributed by atoms with Crippen molar-refractivity contribution >= 4 is 12.6 Å². The first-order valence-corrected chi connectivity index (χ1v) is 6.06. The second-order valence-electron chi connectivity index (χ2n) is 4.30. The number of rotatable bonds is 4. The summed E-state index contributed by atoms with van der Waals surface area (Å²) >= 11 is 4.52. The molecular weight excluding hydrogens is 218 g/mol. The van der Waals surface area contributed by atoms with E-state index in [4.69, 9.17) is 4.74 Å². The van der Waals surface area contributed by atoms with E-state index in [0.29, 0.717) is 5.92 Å². The van der Waals surface area contributed by atoms with Crippen LogP contribution in [0.3, 0.4) is 0 Å². The van der Waals surface area contributed by atoms with Crippen LogP contribution in [0, 0.1) is 6.92 Å². The Bertz CT molecular complexity index is 363. The van der Waals surface area contributed by atoms with Gasteiger partial charge in [-0.3, -0.25) is 0 Å². The number of nitrogens with one attached hydrogen (secondary N) is 1. The number of hydrogen-bond donors (Lipinski definition) is 2. The van der Waals surface area contributed by atoms with Gasteiger partial charge in [0.15, 0.2) is 0 Å². The Labute approximate surface area is 104 Å². The Hall–Kier alpha value is -0.670. The SMILES string of the molecule is CNC(S)c1cc(C(C)C)c(OC)cc1C. The van der Waals surface area contributed by atoms with Crippen LogP contribution >= 0.6 is 12.6 Å². The molecule has 1 aromatic rings. The zero-order valence-electron chi connectivity index (χ0n) is 10.7. The molecule has 1 rings (SSSR count). The molecule has 1 aromatic carbocycles. The third kappa shape index (κ3) is 2.71. The van der Waals surface area contributed by atoms with Crippen molar-refractivity contribution in [3.8, 4) is 5.75 Å². The second kappa shape index (κ2) is 5.60. The highest BCUT2D eigenvalue weighted by Gasteiger charge is 2.14. The molecule has 0 fully saturated rings. The van der Waals surface area contributed by atoms with Crippen LogP contribution < -0.4 is 10.1 Å². The predicted octanol–water partition coefficient (Wildman–Crippen LogP) is 3.27. The standard InChI is InChI=1S/C13H21NOS/c1-8(2)10-7-11(13(16)14-4)9(3)6-12(10)15-5/h6-8,13-14,16H,1-5H3. The van der Waals surface area contributed by atoms with Gasteiger partial charge in [0.2, 0.25) is 0 Å². The molecule has 0 aliphatic rings. The summed E-state index contributed by atoms with van der Waals surface area (Å²) in [6, 6.07) is 4.28. The third-order valence-electron chi connectivity index (χ3n) is 2.81. The van der Waals surface area contributed by atoms with Gasteiger partial charge in [0.05, 0.1) is 12.5 Å². The lowest BCUT2D eigenvalue weighted by Crippen LogP contribution is -2.12. The van der Waals surface area contributed by atoms with Crippen molar-refractivity contribution in [2.24, 2.45) is 0 Å². The summed E-state index contributed by atoms with van der Waals surface area (Å²) in [5, 5.41) is 3.22. The first-order valence-electron chi connectivity index (χ1n) is 5.55. The maximum atomic E-state index is 5.41. The van der Waals surface area contributed by atoms with Crippen molar-refractivity contribution < 1.29 is 4.74 Å². The number of aryl methyl sites for hydroxylation is 1. The highest BCUT2D eigenvalue weighted by Crippen LogP contribution is 2.32. The molecule has 2 nitrogen and oxygen atoms in total. The zero-order valence-corrected chi connectivity index (χ0v) is 11.6. The Balaban J connectivity index is 3.27. The molecule has 0 aliphatic carbocycles. The van der Waals surface area contributed by atoms with E-state index in [1.54, 1.807) is 7.11 Å². The van der Waals surface area contributed by atoms with E-state index in [0.717, 1.165) is 5.75 Å². The van der Waals surface area contributed by atoms with Crippen molar-refractivity contribution in [1.29, 1.82) is 0 Å². The van der Waals surface area contributed by atoms with Gasteiger partial charge in [0.25, 0.3) is 0 Å². The van der Waals surface area contributed by atoms with E-state index in [2.05, 4.69) is 50.8 Å². The van der Waals surface area contributed by atoms with Gasteiger partial charge in [-0.25, -0.2) is 0 Å². The van der Waals surface area contributed by atoms with Crippen LogP contribution in [0.2, 0.25) is 0 Å². The molecule has 0 saturated heterocycles. The molecule has 0 spiro atoms. The van der Waals surface area contributed by atoms with Crippen molar-refractivity contribution in [1.82, 2.24) is 5.32 Å². The average molecular weight is 239 g/mol. The molecule has 0 saturated carbocycles. The molecule has 0 aliphatic heterocycles. The van der Waals surface area contributed by atoms with Gasteiger partial charge in [0, 0.05) is 0 Å². The van der Waals surface area contributed by atoms with Crippen LogP contribution in [-0.2, 0) is 0 Å². The zero-order chi connectivity index (χ0) is 12.3. The van der Waals surface area contributed by atoms with E-state index in [9.17, 15) is 0 Å². The molecule has 0 radical (unpaired) electrons. The number of thiol groups is 1. The van der Waals surface area contributed by atoms with Crippen LogP contribution in [0.5, 0.6) is 5.75 Å². The van der Waals surface area contributed by atoms with Gasteiger partial charge in [-0.05, 0) is 48.7 Å². The van der Waals surface area contributed by atoms with Gasteiger partial charge >= 0.3 is 0 Å². The normalized spacial score (nSPS) is 12.9. The van der Waals surface area contributed by atoms with Crippen LogP contribution in [-0.4, -0.2) is 14.2 Å². The highest BCUT2D eigenvalue weighted by atomic mass is 32.1. The molecule has 1 unspecified atom stereocenters. The summed E-state index contributed by atoms with van der Waals surface area (Å²) in [4.78, 5) is 0. The molecule has 16 heavy (non-hydrogen) atoms. The van der Waals surface area contributed by atoms with Gasteiger partial charge in [0.1, 0.15) is 5.75 Å². The minimum absolute atomic E-state index is 0.0726. The van der Waals surface area contributed by atoms with Crippen LogP contribution in [0.25, 0.3) is 0 Å². The van der Waals surface area contributed by atoms with Crippen molar-refractivity contribution in [3.63, 3.8) is 0 Å². The van der Waals surface area contributed by atoms with Gasteiger partial charge in [-0.1, -0.05) is 13.8 Å². The number of hydrogen-bond acceptors (Lipinski definition) is 3. The lowest BCUT2D eigenvalue weighted by Gasteiger charge is -2.19. The lowest BCUT2D eigenvalue weighted by atomic mass is 9.96. The maximum absolute atomic E-state index is 5.41. The minimum Gasteiger partial charge on any atom is -0.496 e. The summed E-state index contributed by atoms with van der Waals surface area (Å²) in [6.07, 6.45) is 0. The average Bonchev–Trinajstić information content (AvgIpc) is 2.27. The fourth-order valence-corrected chi connectivity index (χ4v) is 2.07. The summed E-state index contributed by atoms with van der Waals surface area (Å²) in [5.74, 6) is 1.42. The summed E-state index contributed by atoms with van der Waals surface area (Å²) in [7, 11) is 3.63. The maximum Gasteiger partial charge on any atom is 0.122 e. The summed E-state index contributed by atoms with van der Waals surface area (Å²) in [5.41, 5.74) is 3.66. The monoisotopic (exact) mass is 239 g/mol. The topological polar surface area (TPSA) is 21.3 Å². The van der Waals surface area contributed by atoms with Crippen LogP contribution in [0.15, 0.2) is 12.1 Å². The van der Waals surface area contributed by atoms with Crippen molar-refractivity contribution in [2.45, 2.75) is 32.1 Å². The van der Waals surface area contributed by atoms with Gasteiger partial charge in [-0.2, -0.15) is 12.6 Å². The van der Waals surface area contributed by atoms with Crippen LogP contribution in [0.4, 0.5) is 0 Å². The number of benzene rings is 1. The molecule has 1 atom stereocenters. The first kappa shape index (κ1) is 13.4. The van der Waals surface area contributed by atoms with Crippen molar-refractivity contribution in [3.05, 3.63) is 28.8 Å². The van der Waals surface area contributed by atoms with E-state index < -0.39 is 0 Å². The largest absolute Gasteiger partial charge is 0.496 e. The molecule has 0 bridgehead atoms. The van der Waals surface area contributed by atoms with Crippen LogP contribution in [0.1, 0.15) is 41.8 Å². The fraction of sp³-hybridized carbons (Fsp3) is 0.538. The van der Waals surface area contributed by atoms with E-state index in [1.165, 1.54) is 16.7 Å². The smallest absolute Gasteiger partial charge is 0.122 e. The third-order valence-corrected chi connectivity index (χ3v) is 3.34. The van der Waals surface area contributed by atoms with E-state index in [1.807, 2.05) is 7.05 Å². The fourth-order valence-electron chi connectivity index (χ4n) is 1.79. The Morgan fingerprint density at radius 3 is 2.31 bits per heavy atom. The summed E-state index contributed by atoms with van der Waals surface area (Å²) in [6.45, 7) is 6.43. The second-order valence-corrected chi connectivity index (χ2v) is 4.81.